The zero-order valence-electron chi connectivity index (χ0n) is 6.05. The molecule has 1 heterocycles. The highest BCUT2D eigenvalue weighted by atomic mass is 35.5. The highest BCUT2D eigenvalue weighted by Gasteiger charge is 2.04. The van der Waals surface area contributed by atoms with Gasteiger partial charge in [-0.2, -0.15) is 0 Å². The Bertz CT molecular complexity index is 210. The number of hydrogen-bond acceptors (Lipinski definition) is 3. The van der Waals surface area contributed by atoms with Gasteiger partial charge in [0.1, 0.15) is 5.69 Å². The third-order valence-electron chi connectivity index (χ3n) is 1.32. The fraction of sp³-hybridized carbons (Fsp3) is 0.500. The number of aryl methyl sites for hydroxylation is 2. The second-order valence-electron chi connectivity index (χ2n) is 1.95. The molecule has 58 valence electrons. The minimum absolute atomic E-state index is 0. The molecule has 0 amide bonds. The molecule has 1 aromatic heterocycles. The summed E-state index contributed by atoms with van der Waals surface area (Å²) in [6, 6.07) is 0. The van der Waals surface area contributed by atoms with E-state index in [0.29, 0.717) is 11.4 Å². The van der Waals surface area contributed by atoms with Crippen LogP contribution in [-0.4, -0.2) is 5.16 Å². The molecule has 3 nitrogen and oxygen atoms in total. The molecule has 0 spiro atoms. The number of nitrogens with zero attached hydrogens (tertiary/aromatic N) is 1. The summed E-state index contributed by atoms with van der Waals surface area (Å²) in [6.07, 6.45) is 0.836. The summed E-state index contributed by atoms with van der Waals surface area (Å²) < 4.78 is 4.81. The Morgan fingerprint density at radius 2 is 2.20 bits per heavy atom. The summed E-state index contributed by atoms with van der Waals surface area (Å²) in [6.45, 7) is 3.80. The van der Waals surface area contributed by atoms with Crippen LogP contribution in [0.4, 0.5) is 5.69 Å². The van der Waals surface area contributed by atoms with E-state index < -0.39 is 0 Å². The second kappa shape index (κ2) is 3.46. The van der Waals surface area contributed by atoms with Crippen molar-refractivity contribution in [2.24, 2.45) is 0 Å². The predicted octanol–water partition coefficient (Wildman–Crippen LogP) is 1.55. The third kappa shape index (κ3) is 1.42. The first kappa shape index (κ1) is 9.30. The van der Waals surface area contributed by atoms with E-state index in [9.17, 15) is 0 Å². The first-order valence-electron chi connectivity index (χ1n) is 2.96. The van der Waals surface area contributed by atoms with Crippen molar-refractivity contribution in [3.8, 4) is 0 Å². The molecule has 0 aliphatic heterocycles. The van der Waals surface area contributed by atoms with Crippen LogP contribution >= 0.6 is 12.4 Å². The van der Waals surface area contributed by atoms with Crippen LogP contribution in [-0.2, 0) is 6.42 Å². The Labute approximate surface area is 66.0 Å². The Morgan fingerprint density at radius 3 is 2.40 bits per heavy atom. The van der Waals surface area contributed by atoms with Crippen molar-refractivity contribution < 1.29 is 4.52 Å². The van der Waals surface area contributed by atoms with Crippen LogP contribution in [0.2, 0.25) is 0 Å². The Kier molecular flexibility index (Phi) is 3.22. The standard InChI is InChI=1S/C6H10N2O.ClH/c1-3-5-6(7)4(2)9-8-5;/h3,7H2,1-2H3;1H. The van der Waals surface area contributed by atoms with Gasteiger partial charge >= 0.3 is 0 Å². The first-order chi connectivity index (χ1) is 4.25. The molecule has 1 aromatic rings. The second-order valence-corrected chi connectivity index (χ2v) is 1.95. The molecule has 0 aliphatic rings. The molecule has 0 bridgehead atoms. The SMILES string of the molecule is CCc1noc(C)c1N.Cl. The maximum Gasteiger partial charge on any atom is 0.156 e. The maximum atomic E-state index is 5.56. The number of rotatable bonds is 1. The average Bonchev–Trinajstić information content (AvgIpc) is 2.15. The molecular formula is C6H11ClN2O. The molecular weight excluding hydrogens is 152 g/mol. The lowest BCUT2D eigenvalue weighted by Gasteiger charge is -1.86. The van der Waals surface area contributed by atoms with Gasteiger partial charge in [0.2, 0.25) is 0 Å². The van der Waals surface area contributed by atoms with E-state index in [4.69, 9.17) is 10.3 Å². The smallest absolute Gasteiger partial charge is 0.156 e. The zero-order chi connectivity index (χ0) is 6.85. The molecule has 0 fully saturated rings. The van der Waals surface area contributed by atoms with E-state index in [-0.39, 0.29) is 12.4 Å². The fourth-order valence-corrected chi connectivity index (χ4v) is 0.680. The molecule has 0 aliphatic carbocycles. The minimum Gasteiger partial charge on any atom is -0.394 e. The highest BCUT2D eigenvalue weighted by Crippen LogP contribution is 2.14. The Hall–Kier alpha value is -0.700. The lowest BCUT2D eigenvalue weighted by molar-refractivity contribution is 0.391. The molecule has 0 saturated carbocycles. The number of nitrogen functional groups attached to an aromatic ring is 1. The van der Waals surface area contributed by atoms with Gasteiger partial charge in [-0.3, -0.25) is 0 Å². The molecule has 0 aromatic carbocycles. The quantitative estimate of drug-likeness (QED) is 0.682. The van der Waals surface area contributed by atoms with Gasteiger partial charge < -0.3 is 10.3 Å². The van der Waals surface area contributed by atoms with Gasteiger partial charge in [-0.25, -0.2) is 0 Å². The van der Waals surface area contributed by atoms with Crippen LogP contribution in [0.15, 0.2) is 4.52 Å². The van der Waals surface area contributed by atoms with Crippen molar-refractivity contribution in [1.82, 2.24) is 5.16 Å². The van der Waals surface area contributed by atoms with Gasteiger partial charge in [-0.15, -0.1) is 12.4 Å². The van der Waals surface area contributed by atoms with Crippen LogP contribution in [0, 0.1) is 6.92 Å². The van der Waals surface area contributed by atoms with Gasteiger partial charge in [0.05, 0.1) is 5.69 Å². The lowest BCUT2D eigenvalue weighted by Crippen LogP contribution is -1.89. The Balaban J connectivity index is 0.000000810. The highest BCUT2D eigenvalue weighted by molar-refractivity contribution is 5.85. The average molecular weight is 163 g/mol. The molecule has 0 atom stereocenters. The number of anilines is 1. The normalized spacial score (nSPS) is 9.00. The summed E-state index contributed by atoms with van der Waals surface area (Å²) >= 11 is 0. The van der Waals surface area contributed by atoms with Crippen molar-refractivity contribution in [2.45, 2.75) is 20.3 Å². The van der Waals surface area contributed by atoms with Gasteiger partial charge in [-0.05, 0) is 13.3 Å². The van der Waals surface area contributed by atoms with E-state index in [1.165, 1.54) is 0 Å². The van der Waals surface area contributed by atoms with Gasteiger partial charge in [0, 0.05) is 0 Å². The number of nitrogens with two attached hydrogens (primary N) is 1. The van der Waals surface area contributed by atoms with Crippen LogP contribution in [0.25, 0.3) is 0 Å². The molecule has 0 saturated heterocycles. The van der Waals surface area contributed by atoms with E-state index in [1.807, 2.05) is 13.8 Å². The minimum atomic E-state index is 0. The molecule has 0 unspecified atom stereocenters. The lowest BCUT2D eigenvalue weighted by atomic mass is 10.3. The van der Waals surface area contributed by atoms with Crippen molar-refractivity contribution in [2.75, 3.05) is 5.73 Å². The summed E-state index contributed by atoms with van der Waals surface area (Å²) in [7, 11) is 0. The van der Waals surface area contributed by atoms with E-state index in [0.717, 1.165) is 12.1 Å². The number of hydrogen-bond donors (Lipinski definition) is 1. The summed E-state index contributed by atoms with van der Waals surface area (Å²) in [5, 5.41) is 3.73. The van der Waals surface area contributed by atoms with Crippen molar-refractivity contribution in [1.29, 1.82) is 0 Å². The Morgan fingerprint density at radius 1 is 1.60 bits per heavy atom. The molecule has 0 radical (unpaired) electrons. The van der Waals surface area contributed by atoms with Crippen LogP contribution in [0.3, 0.4) is 0 Å². The molecule has 4 heteroatoms. The van der Waals surface area contributed by atoms with E-state index >= 15 is 0 Å². The van der Waals surface area contributed by atoms with Crippen LogP contribution in [0.1, 0.15) is 18.4 Å². The molecule has 1 rings (SSSR count). The molecule has 10 heavy (non-hydrogen) atoms. The fourth-order valence-electron chi connectivity index (χ4n) is 0.680. The van der Waals surface area contributed by atoms with Crippen molar-refractivity contribution in [3.05, 3.63) is 11.5 Å². The van der Waals surface area contributed by atoms with Crippen molar-refractivity contribution >= 4 is 18.1 Å². The van der Waals surface area contributed by atoms with Crippen molar-refractivity contribution in [3.63, 3.8) is 0 Å². The molecule has 2 N–H and O–H groups in total. The largest absolute Gasteiger partial charge is 0.394 e. The number of aromatic nitrogens is 1. The summed E-state index contributed by atoms with van der Waals surface area (Å²) in [5.41, 5.74) is 7.10. The third-order valence-corrected chi connectivity index (χ3v) is 1.32. The first-order valence-corrected chi connectivity index (χ1v) is 2.96. The summed E-state index contributed by atoms with van der Waals surface area (Å²) in [5.74, 6) is 0.715. The summed E-state index contributed by atoms with van der Waals surface area (Å²) in [4.78, 5) is 0. The van der Waals surface area contributed by atoms with Gasteiger partial charge in [0.15, 0.2) is 5.76 Å². The predicted molar refractivity (Wildman–Crippen MR) is 42.3 cm³/mol. The van der Waals surface area contributed by atoms with Crippen LogP contribution < -0.4 is 5.73 Å². The zero-order valence-corrected chi connectivity index (χ0v) is 6.86. The van der Waals surface area contributed by atoms with E-state index in [2.05, 4.69) is 5.16 Å². The topological polar surface area (TPSA) is 52.0 Å². The monoisotopic (exact) mass is 162 g/mol. The maximum absolute atomic E-state index is 5.56. The van der Waals surface area contributed by atoms with Crippen LogP contribution in [0.5, 0.6) is 0 Å². The number of halogens is 1. The van der Waals surface area contributed by atoms with Gasteiger partial charge in [-0.1, -0.05) is 12.1 Å². The van der Waals surface area contributed by atoms with Gasteiger partial charge in [0.25, 0.3) is 0 Å². The van der Waals surface area contributed by atoms with E-state index in [1.54, 1.807) is 0 Å².